The number of carbonyl (C=O) groups excluding carboxylic acids is 1. The summed E-state index contributed by atoms with van der Waals surface area (Å²) in [5.74, 6) is 0.216. The van der Waals surface area contributed by atoms with Gasteiger partial charge in [-0.3, -0.25) is 0 Å². The van der Waals surface area contributed by atoms with Crippen LogP contribution >= 0.6 is 0 Å². The summed E-state index contributed by atoms with van der Waals surface area (Å²) in [6.45, 7) is 1.83. The summed E-state index contributed by atoms with van der Waals surface area (Å²) in [5, 5.41) is 42.3. The lowest BCUT2D eigenvalue weighted by atomic mass is 9.82. The van der Waals surface area contributed by atoms with E-state index < -0.39 is 24.2 Å². The highest BCUT2D eigenvalue weighted by molar-refractivity contribution is 6.01. The smallest absolute Gasteiger partial charge is 0.323 e. The van der Waals surface area contributed by atoms with Crippen LogP contribution < -0.4 is 15.4 Å². The Hall–Kier alpha value is -5.06. The number of hydrogen-bond acceptors (Lipinski definition) is 7. The minimum Gasteiger partial charge on any atom is -0.488 e. The van der Waals surface area contributed by atoms with E-state index in [1.54, 1.807) is 0 Å². The van der Waals surface area contributed by atoms with Gasteiger partial charge in [-0.15, -0.1) is 5.10 Å². The Labute approximate surface area is 236 Å². The largest absolute Gasteiger partial charge is 0.488 e. The number of aliphatic hydroxyl groups is 2. The van der Waals surface area contributed by atoms with Crippen LogP contribution in [0.4, 0.5) is 16.2 Å². The van der Waals surface area contributed by atoms with Crippen molar-refractivity contribution in [2.45, 2.75) is 25.0 Å². The fourth-order valence-corrected chi connectivity index (χ4v) is 5.14. The molecule has 0 aliphatic carbocycles. The van der Waals surface area contributed by atoms with Gasteiger partial charge in [0.15, 0.2) is 5.82 Å². The molecule has 1 aromatic heterocycles. The van der Waals surface area contributed by atoms with Crippen LogP contribution in [-0.2, 0) is 0 Å². The zero-order chi connectivity index (χ0) is 28.3. The number of anilines is 2. The molecule has 0 spiro atoms. The lowest BCUT2D eigenvalue weighted by Gasteiger charge is -2.25. The van der Waals surface area contributed by atoms with Crippen LogP contribution in [0.1, 0.15) is 22.6 Å². The van der Waals surface area contributed by atoms with Crippen LogP contribution in [0.2, 0.25) is 0 Å². The molecule has 5 N–H and O–H groups in total. The molecule has 0 saturated carbocycles. The molecule has 3 unspecified atom stereocenters. The summed E-state index contributed by atoms with van der Waals surface area (Å²) in [7, 11) is 0. The molecule has 10 nitrogen and oxygen atoms in total. The van der Waals surface area contributed by atoms with Gasteiger partial charge in [0.1, 0.15) is 18.5 Å². The second-order valence-corrected chi connectivity index (χ2v) is 9.94. The fourth-order valence-electron chi connectivity index (χ4n) is 5.14. The van der Waals surface area contributed by atoms with Gasteiger partial charge in [0.2, 0.25) is 0 Å². The van der Waals surface area contributed by atoms with E-state index in [0.29, 0.717) is 28.5 Å². The molecule has 0 saturated heterocycles. The molecule has 3 atom stereocenters. The van der Waals surface area contributed by atoms with Crippen LogP contribution in [0, 0.1) is 6.92 Å². The Morgan fingerprint density at radius 3 is 2.39 bits per heavy atom. The SMILES string of the molecule is Cc1ccc(NC(=O)Nc2cc(-c3ccccc3-c3nnn[nH]3)cc3c2OCC(O)C(O)C3c2ccccc2)cc1. The second kappa shape index (κ2) is 11.2. The number of H-pyrrole nitrogens is 1. The fraction of sp³-hybridized carbons (Fsp3) is 0.161. The first-order valence-electron chi connectivity index (χ1n) is 13.2. The molecule has 41 heavy (non-hydrogen) atoms. The highest BCUT2D eigenvalue weighted by atomic mass is 16.5. The number of tetrazole rings is 1. The van der Waals surface area contributed by atoms with Gasteiger partial charge in [-0.05, 0) is 58.3 Å². The van der Waals surface area contributed by atoms with Crippen molar-refractivity contribution < 1.29 is 19.7 Å². The standard InChI is InChI=1S/C31H28N6O4/c1-18-11-13-21(14-12-18)32-31(40)33-25-16-20(22-9-5-6-10-23(22)30-34-36-37-35-30)15-24-27(19-7-3-2-4-8-19)28(39)26(38)17-41-29(24)25/h2-16,26-28,38-39H,17H2,1H3,(H2,32,33,40)(H,34,35,36,37). The Morgan fingerprint density at radius 2 is 1.66 bits per heavy atom. The summed E-state index contributed by atoms with van der Waals surface area (Å²) in [5.41, 5.74) is 5.78. The van der Waals surface area contributed by atoms with E-state index in [0.717, 1.165) is 27.8 Å². The number of aryl methyl sites for hydroxylation is 1. The molecule has 2 amide bonds. The summed E-state index contributed by atoms with van der Waals surface area (Å²) >= 11 is 0. The predicted octanol–water partition coefficient (Wildman–Crippen LogP) is 4.73. The molecule has 0 bridgehead atoms. The van der Waals surface area contributed by atoms with Crippen molar-refractivity contribution in [2.75, 3.05) is 17.2 Å². The number of benzene rings is 4. The third kappa shape index (κ3) is 5.38. The summed E-state index contributed by atoms with van der Waals surface area (Å²) < 4.78 is 6.08. The first-order chi connectivity index (χ1) is 20.0. The maximum Gasteiger partial charge on any atom is 0.323 e. The molecule has 206 valence electrons. The number of aromatic nitrogens is 4. The van der Waals surface area contributed by atoms with E-state index in [4.69, 9.17) is 4.74 Å². The molecule has 6 rings (SSSR count). The van der Waals surface area contributed by atoms with Crippen molar-refractivity contribution in [2.24, 2.45) is 0 Å². The average molecular weight is 549 g/mol. The van der Waals surface area contributed by atoms with Crippen LogP contribution in [0.15, 0.2) is 91.0 Å². The number of nitrogens with one attached hydrogen (secondary N) is 3. The van der Waals surface area contributed by atoms with Crippen molar-refractivity contribution in [1.82, 2.24) is 20.6 Å². The minimum atomic E-state index is -1.16. The minimum absolute atomic E-state index is 0.147. The first-order valence-corrected chi connectivity index (χ1v) is 13.2. The van der Waals surface area contributed by atoms with E-state index in [9.17, 15) is 15.0 Å². The predicted molar refractivity (Wildman–Crippen MR) is 155 cm³/mol. The van der Waals surface area contributed by atoms with Crippen molar-refractivity contribution >= 4 is 17.4 Å². The number of urea groups is 1. The van der Waals surface area contributed by atoms with Gasteiger partial charge < -0.3 is 25.6 Å². The average Bonchev–Trinajstić information content (AvgIpc) is 3.49. The molecule has 10 heteroatoms. The van der Waals surface area contributed by atoms with Crippen LogP contribution in [0.3, 0.4) is 0 Å². The number of ether oxygens (including phenoxy) is 1. The Morgan fingerprint density at radius 1 is 0.927 bits per heavy atom. The number of fused-ring (bicyclic) bond motifs is 1. The van der Waals surface area contributed by atoms with E-state index in [1.165, 1.54) is 0 Å². The highest BCUT2D eigenvalue weighted by Crippen LogP contribution is 2.45. The summed E-state index contributed by atoms with van der Waals surface area (Å²) in [6.07, 6.45) is -2.31. The number of aliphatic hydroxyl groups excluding tert-OH is 2. The van der Waals surface area contributed by atoms with Crippen molar-refractivity contribution in [3.8, 4) is 28.3 Å². The van der Waals surface area contributed by atoms with Gasteiger partial charge in [-0.2, -0.15) is 0 Å². The first kappa shape index (κ1) is 26.2. The third-order valence-electron chi connectivity index (χ3n) is 7.14. The topological polar surface area (TPSA) is 145 Å². The maximum absolute atomic E-state index is 13.2. The highest BCUT2D eigenvalue weighted by Gasteiger charge is 2.36. The van der Waals surface area contributed by atoms with Crippen LogP contribution in [0.25, 0.3) is 22.5 Å². The zero-order valence-corrected chi connectivity index (χ0v) is 22.2. The summed E-state index contributed by atoms with van der Waals surface area (Å²) in [6, 6.07) is 27.8. The third-order valence-corrected chi connectivity index (χ3v) is 7.14. The molecule has 0 fully saturated rings. The zero-order valence-electron chi connectivity index (χ0n) is 22.2. The quantitative estimate of drug-likeness (QED) is 0.213. The molecule has 4 aromatic carbocycles. The molecule has 2 heterocycles. The number of hydrogen-bond donors (Lipinski definition) is 5. The van der Waals surface area contributed by atoms with E-state index in [2.05, 4.69) is 31.3 Å². The Balaban J connectivity index is 1.51. The van der Waals surface area contributed by atoms with Gasteiger partial charge in [0, 0.05) is 22.7 Å². The Bertz CT molecular complexity index is 1660. The van der Waals surface area contributed by atoms with Gasteiger partial charge in [0.05, 0.1) is 11.8 Å². The number of aromatic amines is 1. The van der Waals surface area contributed by atoms with Crippen molar-refractivity contribution in [3.05, 3.63) is 108 Å². The van der Waals surface area contributed by atoms with Crippen molar-refractivity contribution in [3.63, 3.8) is 0 Å². The molecular formula is C31H28N6O4. The number of amides is 2. The number of rotatable bonds is 5. The van der Waals surface area contributed by atoms with Crippen molar-refractivity contribution in [1.29, 1.82) is 0 Å². The van der Waals surface area contributed by atoms with Gasteiger partial charge in [0.25, 0.3) is 0 Å². The number of nitrogens with zero attached hydrogens (tertiary/aromatic N) is 3. The normalized spacial score (nSPS) is 18.1. The van der Waals surface area contributed by atoms with Gasteiger partial charge in [-0.25, -0.2) is 9.89 Å². The number of carbonyl (C=O) groups is 1. The molecule has 5 aromatic rings. The summed E-state index contributed by atoms with van der Waals surface area (Å²) in [4.78, 5) is 13.2. The van der Waals surface area contributed by atoms with E-state index in [1.807, 2.05) is 97.9 Å². The molecule has 1 aliphatic rings. The monoisotopic (exact) mass is 548 g/mol. The van der Waals surface area contributed by atoms with E-state index >= 15 is 0 Å². The van der Waals surface area contributed by atoms with Crippen LogP contribution in [0.5, 0.6) is 5.75 Å². The lowest BCUT2D eigenvalue weighted by Crippen LogP contribution is -2.34. The molecular weight excluding hydrogens is 520 g/mol. The Kier molecular flexibility index (Phi) is 7.15. The van der Waals surface area contributed by atoms with Crippen LogP contribution in [-0.4, -0.2) is 55.7 Å². The van der Waals surface area contributed by atoms with Gasteiger partial charge in [-0.1, -0.05) is 72.3 Å². The lowest BCUT2D eigenvalue weighted by molar-refractivity contribution is -0.00759. The van der Waals surface area contributed by atoms with Gasteiger partial charge >= 0.3 is 6.03 Å². The maximum atomic E-state index is 13.2. The molecule has 1 aliphatic heterocycles. The second-order valence-electron chi connectivity index (χ2n) is 9.94. The molecule has 0 radical (unpaired) electrons. The van der Waals surface area contributed by atoms with E-state index in [-0.39, 0.29) is 6.61 Å².